The van der Waals surface area contributed by atoms with Gasteiger partial charge in [0.25, 0.3) is 10.0 Å². The van der Waals surface area contributed by atoms with Crippen LogP contribution in [-0.2, 0) is 21.4 Å². The standard InChI is InChI=1S/C23H20ClN3O5S/c1-26(19-7-9-20(31-2)10-8-19)33(29,30)21-5-3-4-16(12-21)23(28)32-15-18-14-27-13-17(24)6-11-22(27)25-18/h3-14H,15H2,1-2H3. The van der Waals surface area contributed by atoms with Crippen LogP contribution < -0.4 is 9.04 Å². The average Bonchev–Trinajstić information content (AvgIpc) is 3.24. The van der Waals surface area contributed by atoms with Crippen molar-refractivity contribution in [1.82, 2.24) is 9.38 Å². The molecule has 0 saturated carbocycles. The predicted molar refractivity (Wildman–Crippen MR) is 124 cm³/mol. The zero-order valence-corrected chi connectivity index (χ0v) is 19.4. The minimum atomic E-state index is -3.90. The van der Waals surface area contributed by atoms with Gasteiger partial charge in [-0.05, 0) is 54.6 Å². The van der Waals surface area contributed by atoms with E-state index in [-0.39, 0.29) is 17.1 Å². The maximum Gasteiger partial charge on any atom is 0.338 e. The van der Waals surface area contributed by atoms with Crippen molar-refractivity contribution in [3.05, 3.63) is 89.3 Å². The van der Waals surface area contributed by atoms with E-state index >= 15 is 0 Å². The van der Waals surface area contributed by atoms with Crippen LogP contribution in [0.5, 0.6) is 5.75 Å². The van der Waals surface area contributed by atoms with Crippen LogP contribution in [0.4, 0.5) is 5.69 Å². The summed E-state index contributed by atoms with van der Waals surface area (Å²) in [7, 11) is -0.925. The smallest absolute Gasteiger partial charge is 0.338 e. The zero-order valence-electron chi connectivity index (χ0n) is 17.8. The number of hydrogen-bond acceptors (Lipinski definition) is 6. The highest BCUT2D eigenvalue weighted by Crippen LogP contribution is 2.25. The summed E-state index contributed by atoms with van der Waals surface area (Å²) in [4.78, 5) is 16.9. The van der Waals surface area contributed by atoms with Gasteiger partial charge in [0.1, 0.15) is 18.0 Å². The van der Waals surface area contributed by atoms with E-state index in [0.717, 1.165) is 4.31 Å². The molecule has 0 fully saturated rings. The van der Waals surface area contributed by atoms with E-state index < -0.39 is 16.0 Å². The van der Waals surface area contributed by atoms with Gasteiger partial charge in [0.05, 0.1) is 34.0 Å². The van der Waals surface area contributed by atoms with Crippen LogP contribution in [0.2, 0.25) is 5.02 Å². The Kier molecular flexibility index (Phi) is 6.26. The molecule has 170 valence electrons. The van der Waals surface area contributed by atoms with Gasteiger partial charge < -0.3 is 13.9 Å². The molecule has 0 aliphatic rings. The minimum Gasteiger partial charge on any atom is -0.497 e. The summed E-state index contributed by atoms with van der Waals surface area (Å²) >= 11 is 5.97. The molecule has 0 saturated heterocycles. The number of ether oxygens (including phenoxy) is 2. The third-order valence-electron chi connectivity index (χ3n) is 4.98. The van der Waals surface area contributed by atoms with Gasteiger partial charge in [0, 0.05) is 19.4 Å². The summed E-state index contributed by atoms with van der Waals surface area (Å²) in [6.45, 7) is -0.0686. The van der Waals surface area contributed by atoms with Crippen molar-refractivity contribution in [3.8, 4) is 5.75 Å². The number of hydrogen-bond donors (Lipinski definition) is 0. The van der Waals surface area contributed by atoms with Gasteiger partial charge in [-0.15, -0.1) is 0 Å². The number of benzene rings is 2. The summed E-state index contributed by atoms with van der Waals surface area (Å²) in [5.41, 5.74) is 1.77. The Bertz CT molecular complexity index is 1420. The number of esters is 1. The molecule has 2 heterocycles. The minimum absolute atomic E-state index is 0.0300. The molecule has 0 unspecified atom stereocenters. The Morgan fingerprint density at radius 2 is 1.85 bits per heavy atom. The monoisotopic (exact) mass is 485 g/mol. The van der Waals surface area contributed by atoms with Crippen molar-refractivity contribution in [2.45, 2.75) is 11.5 Å². The Hall–Kier alpha value is -3.56. The molecule has 4 rings (SSSR count). The highest BCUT2D eigenvalue weighted by atomic mass is 35.5. The van der Waals surface area contributed by atoms with E-state index in [1.165, 1.54) is 38.4 Å². The molecule has 8 nitrogen and oxygen atoms in total. The summed E-state index contributed by atoms with van der Waals surface area (Å²) in [6.07, 6.45) is 3.40. The van der Waals surface area contributed by atoms with E-state index in [9.17, 15) is 13.2 Å². The lowest BCUT2D eigenvalue weighted by Crippen LogP contribution is -2.26. The topological polar surface area (TPSA) is 90.2 Å². The van der Waals surface area contributed by atoms with Crippen molar-refractivity contribution in [2.75, 3.05) is 18.5 Å². The maximum absolute atomic E-state index is 13.1. The largest absolute Gasteiger partial charge is 0.497 e. The van der Waals surface area contributed by atoms with Gasteiger partial charge in [-0.2, -0.15) is 0 Å². The number of sulfonamides is 1. The van der Waals surface area contributed by atoms with Gasteiger partial charge in [-0.3, -0.25) is 4.31 Å². The lowest BCUT2D eigenvalue weighted by atomic mass is 10.2. The molecule has 2 aromatic heterocycles. The number of nitrogens with zero attached hydrogens (tertiary/aromatic N) is 3. The van der Waals surface area contributed by atoms with E-state index in [0.29, 0.717) is 27.8 Å². The van der Waals surface area contributed by atoms with Crippen LogP contribution in [-0.4, -0.2) is 37.9 Å². The molecule has 0 aliphatic heterocycles. The number of pyridine rings is 1. The molecule has 0 amide bonds. The summed E-state index contributed by atoms with van der Waals surface area (Å²) in [6, 6.07) is 15.8. The molecule has 0 atom stereocenters. The van der Waals surface area contributed by atoms with E-state index in [1.807, 2.05) is 0 Å². The van der Waals surface area contributed by atoms with Gasteiger partial charge in [0.15, 0.2) is 0 Å². The molecule has 0 radical (unpaired) electrons. The molecular weight excluding hydrogens is 466 g/mol. The quantitative estimate of drug-likeness (QED) is 0.365. The number of halogens is 1. The normalized spacial score (nSPS) is 11.4. The van der Waals surface area contributed by atoms with Gasteiger partial charge in [-0.25, -0.2) is 18.2 Å². The van der Waals surface area contributed by atoms with Crippen LogP contribution >= 0.6 is 11.6 Å². The molecular formula is C23H20ClN3O5S. The van der Waals surface area contributed by atoms with Gasteiger partial charge >= 0.3 is 5.97 Å². The number of rotatable bonds is 7. The number of anilines is 1. The molecule has 0 aliphatic carbocycles. The summed E-state index contributed by atoms with van der Waals surface area (Å²) in [5, 5.41) is 0.557. The highest BCUT2D eigenvalue weighted by Gasteiger charge is 2.23. The van der Waals surface area contributed by atoms with Crippen LogP contribution in [0.15, 0.2) is 78.0 Å². The third kappa shape index (κ3) is 4.79. The molecule has 33 heavy (non-hydrogen) atoms. The molecule has 0 N–H and O–H groups in total. The van der Waals surface area contributed by atoms with Crippen LogP contribution in [0.1, 0.15) is 16.1 Å². The highest BCUT2D eigenvalue weighted by molar-refractivity contribution is 7.92. The lowest BCUT2D eigenvalue weighted by molar-refractivity contribution is 0.0468. The fourth-order valence-corrected chi connectivity index (χ4v) is 4.59. The van der Waals surface area contributed by atoms with Crippen LogP contribution in [0.25, 0.3) is 5.65 Å². The first-order valence-corrected chi connectivity index (χ1v) is 11.6. The second-order valence-electron chi connectivity index (χ2n) is 7.12. The molecule has 0 bridgehead atoms. The molecule has 0 spiro atoms. The zero-order chi connectivity index (χ0) is 23.6. The first-order chi connectivity index (χ1) is 15.8. The Morgan fingerprint density at radius 1 is 1.09 bits per heavy atom. The predicted octanol–water partition coefficient (Wildman–Crippen LogP) is 4.18. The summed E-state index contributed by atoms with van der Waals surface area (Å²) in [5.74, 6) is -0.0442. The molecule has 4 aromatic rings. The number of methoxy groups -OCH3 is 1. The third-order valence-corrected chi connectivity index (χ3v) is 6.99. The SMILES string of the molecule is COc1ccc(N(C)S(=O)(=O)c2cccc(C(=O)OCc3cn4cc(Cl)ccc4n3)c2)cc1. The van der Waals surface area contributed by atoms with Crippen LogP contribution in [0, 0.1) is 0 Å². The van der Waals surface area contributed by atoms with Gasteiger partial charge in [-0.1, -0.05) is 17.7 Å². The number of carbonyl (C=O) groups is 1. The first-order valence-electron chi connectivity index (χ1n) is 9.81. The Balaban J connectivity index is 1.50. The molecule has 10 heteroatoms. The van der Waals surface area contributed by atoms with Crippen molar-refractivity contribution in [3.63, 3.8) is 0 Å². The number of fused-ring (bicyclic) bond motifs is 1. The average molecular weight is 486 g/mol. The summed E-state index contributed by atoms with van der Waals surface area (Å²) < 4.78 is 39.5. The first kappa shape index (κ1) is 22.6. The van der Waals surface area contributed by atoms with E-state index in [2.05, 4.69) is 4.98 Å². The van der Waals surface area contributed by atoms with Crippen molar-refractivity contribution < 1.29 is 22.7 Å². The Morgan fingerprint density at radius 3 is 2.58 bits per heavy atom. The fourth-order valence-electron chi connectivity index (χ4n) is 3.18. The van der Waals surface area contributed by atoms with Gasteiger partial charge in [0.2, 0.25) is 0 Å². The number of carbonyl (C=O) groups excluding carboxylic acids is 1. The molecule has 2 aromatic carbocycles. The number of imidazole rings is 1. The van der Waals surface area contributed by atoms with Crippen molar-refractivity contribution in [2.24, 2.45) is 0 Å². The maximum atomic E-state index is 13.1. The fraction of sp³-hybridized carbons (Fsp3) is 0.130. The van der Waals surface area contributed by atoms with Crippen LogP contribution in [0.3, 0.4) is 0 Å². The second kappa shape index (κ2) is 9.13. The second-order valence-corrected chi connectivity index (χ2v) is 9.53. The number of aromatic nitrogens is 2. The Labute approximate surface area is 196 Å². The van der Waals surface area contributed by atoms with Crippen molar-refractivity contribution >= 4 is 38.9 Å². The van der Waals surface area contributed by atoms with E-state index in [4.69, 9.17) is 21.1 Å². The van der Waals surface area contributed by atoms with Crippen molar-refractivity contribution in [1.29, 1.82) is 0 Å². The van der Waals surface area contributed by atoms with E-state index in [1.54, 1.807) is 53.2 Å². The lowest BCUT2D eigenvalue weighted by Gasteiger charge is -2.20.